The Bertz CT molecular complexity index is 1120. The van der Waals surface area contributed by atoms with E-state index in [1.165, 1.54) is 12.1 Å². The van der Waals surface area contributed by atoms with Crippen LogP contribution in [0.25, 0.3) is 0 Å². The Labute approximate surface area is 177 Å². The van der Waals surface area contributed by atoms with Crippen LogP contribution in [-0.4, -0.2) is 20.9 Å². The first-order chi connectivity index (χ1) is 14.3. The molecule has 0 fully saturated rings. The normalized spacial score (nSPS) is 11.0. The van der Waals surface area contributed by atoms with Crippen molar-refractivity contribution in [2.75, 3.05) is 16.6 Å². The van der Waals surface area contributed by atoms with Crippen molar-refractivity contribution < 1.29 is 17.9 Å². The lowest BCUT2D eigenvalue weighted by atomic mass is 10.1. The van der Waals surface area contributed by atoms with Crippen LogP contribution in [0.2, 0.25) is 0 Å². The van der Waals surface area contributed by atoms with Crippen LogP contribution in [0.5, 0.6) is 5.75 Å². The fourth-order valence-corrected chi connectivity index (χ4v) is 4.08. The lowest BCUT2D eigenvalue weighted by Gasteiger charge is -2.11. The zero-order chi connectivity index (χ0) is 21.7. The van der Waals surface area contributed by atoms with Gasteiger partial charge >= 0.3 is 0 Å². The second-order valence-corrected chi connectivity index (χ2v) is 8.60. The molecule has 30 heavy (non-hydrogen) atoms. The van der Waals surface area contributed by atoms with Crippen molar-refractivity contribution in [3.05, 3.63) is 83.4 Å². The van der Waals surface area contributed by atoms with Crippen LogP contribution in [-0.2, 0) is 10.0 Å². The molecule has 0 saturated heterocycles. The third kappa shape index (κ3) is 5.39. The highest BCUT2D eigenvalue weighted by atomic mass is 32.2. The first-order valence-electron chi connectivity index (χ1n) is 9.52. The van der Waals surface area contributed by atoms with E-state index in [4.69, 9.17) is 4.74 Å². The van der Waals surface area contributed by atoms with Crippen molar-refractivity contribution in [1.29, 1.82) is 0 Å². The standard InChI is InChI=1S/C23H24N2O4S/c1-4-29-21-9-5-18(6-10-21)23(26)24-19-7-11-22(12-8-19)30(27,28)25-20-14-16(2)13-17(3)15-20/h5-15,25H,4H2,1-3H3,(H,24,26). The van der Waals surface area contributed by atoms with Gasteiger partial charge in [-0.2, -0.15) is 0 Å². The van der Waals surface area contributed by atoms with Crippen LogP contribution in [0.4, 0.5) is 11.4 Å². The van der Waals surface area contributed by atoms with Gasteiger partial charge in [-0.25, -0.2) is 8.42 Å². The molecule has 7 heteroatoms. The van der Waals surface area contributed by atoms with Crippen molar-refractivity contribution in [2.45, 2.75) is 25.7 Å². The molecular formula is C23H24N2O4S. The Hall–Kier alpha value is -3.32. The summed E-state index contributed by atoms with van der Waals surface area (Å²) in [5.74, 6) is 0.405. The predicted octanol–water partition coefficient (Wildman–Crippen LogP) is 4.76. The fourth-order valence-electron chi connectivity index (χ4n) is 3.04. The van der Waals surface area contributed by atoms with Crippen molar-refractivity contribution in [3.8, 4) is 5.75 Å². The molecular weight excluding hydrogens is 400 g/mol. The summed E-state index contributed by atoms with van der Waals surface area (Å²) in [4.78, 5) is 12.5. The van der Waals surface area contributed by atoms with Crippen LogP contribution in [0.15, 0.2) is 71.6 Å². The van der Waals surface area contributed by atoms with E-state index in [0.717, 1.165) is 11.1 Å². The van der Waals surface area contributed by atoms with E-state index >= 15 is 0 Å². The molecule has 156 valence electrons. The quantitative estimate of drug-likeness (QED) is 0.573. The smallest absolute Gasteiger partial charge is 0.261 e. The molecule has 3 rings (SSSR count). The van der Waals surface area contributed by atoms with Crippen LogP contribution in [0, 0.1) is 13.8 Å². The highest BCUT2D eigenvalue weighted by molar-refractivity contribution is 7.92. The number of carbonyl (C=O) groups is 1. The van der Waals surface area contributed by atoms with Gasteiger partial charge in [0.05, 0.1) is 11.5 Å². The predicted molar refractivity (Wildman–Crippen MR) is 119 cm³/mol. The molecule has 0 aliphatic heterocycles. The van der Waals surface area contributed by atoms with Gasteiger partial charge < -0.3 is 10.1 Å². The summed E-state index contributed by atoms with van der Waals surface area (Å²) in [5, 5.41) is 2.76. The van der Waals surface area contributed by atoms with Gasteiger partial charge in [0, 0.05) is 16.9 Å². The number of hydrogen-bond acceptors (Lipinski definition) is 4. The molecule has 0 aliphatic rings. The minimum Gasteiger partial charge on any atom is -0.494 e. The molecule has 0 heterocycles. The molecule has 1 amide bonds. The number of sulfonamides is 1. The molecule has 3 aromatic rings. The van der Waals surface area contributed by atoms with E-state index in [9.17, 15) is 13.2 Å². The molecule has 6 nitrogen and oxygen atoms in total. The van der Waals surface area contributed by atoms with Gasteiger partial charge in [0.2, 0.25) is 0 Å². The molecule has 0 spiro atoms. The average Bonchev–Trinajstić information content (AvgIpc) is 2.68. The lowest BCUT2D eigenvalue weighted by Crippen LogP contribution is -2.14. The molecule has 2 N–H and O–H groups in total. The molecule has 0 bridgehead atoms. The molecule has 0 radical (unpaired) electrons. The van der Waals surface area contributed by atoms with E-state index < -0.39 is 10.0 Å². The maximum absolute atomic E-state index is 12.7. The molecule has 3 aromatic carbocycles. The van der Waals surface area contributed by atoms with Crippen LogP contribution in [0.1, 0.15) is 28.4 Å². The van der Waals surface area contributed by atoms with E-state index in [0.29, 0.717) is 29.3 Å². The third-order valence-electron chi connectivity index (χ3n) is 4.32. The number of amides is 1. The molecule has 0 unspecified atom stereocenters. The van der Waals surface area contributed by atoms with Gasteiger partial charge in [-0.15, -0.1) is 0 Å². The zero-order valence-electron chi connectivity index (χ0n) is 17.1. The first-order valence-corrected chi connectivity index (χ1v) is 11.0. The van der Waals surface area contributed by atoms with Crippen molar-refractivity contribution >= 4 is 27.3 Å². The molecule has 0 aromatic heterocycles. The van der Waals surface area contributed by atoms with Crippen LogP contribution < -0.4 is 14.8 Å². The number of nitrogens with one attached hydrogen (secondary N) is 2. The highest BCUT2D eigenvalue weighted by Gasteiger charge is 2.15. The summed E-state index contributed by atoms with van der Waals surface area (Å²) in [5.41, 5.74) is 3.44. The number of hydrogen-bond donors (Lipinski definition) is 2. The van der Waals surface area contributed by atoms with Gasteiger partial charge in [0.15, 0.2) is 0 Å². The Kier molecular flexibility index (Phi) is 6.42. The van der Waals surface area contributed by atoms with E-state index in [1.54, 1.807) is 48.5 Å². The Morgan fingerprint density at radius 3 is 2.03 bits per heavy atom. The number of anilines is 2. The van der Waals surface area contributed by atoms with Gasteiger partial charge in [-0.1, -0.05) is 6.07 Å². The summed E-state index contributed by atoms with van der Waals surface area (Å²) in [6.45, 7) is 6.26. The Morgan fingerprint density at radius 2 is 1.47 bits per heavy atom. The highest BCUT2D eigenvalue weighted by Crippen LogP contribution is 2.21. The Balaban J connectivity index is 1.69. The van der Waals surface area contributed by atoms with E-state index in [1.807, 2.05) is 26.8 Å². The topological polar surface area (TPSA) is 84.5 Å². The molecule has 0 aliphatic carbocycles. The number of aryl methyl sites for hydroxylation is 2. The second-order valence-electron chi connectivity index (χ2n) is 6.92. The summed E-state index contributed by atoms with van der Waals surface area (Å²) in [6, 6.07) is 18.4. The maximum Gasteiger partial charge on any atom is 0.261 e. The fraction of sp³-hybridized carbons (Fsp3) is 0.174. The summed E-state index contributed by atoms with van der Waals surface area (Å²) < 4.78 is 33.3. The van der Waals surface area contributed by atoms with Crippen molar-refractivity contribution in [3.63, 3.8) is 0 Å². The molecule has 0 atom stereocenters. The third-order valence-corrected chi connectivity index (χ3v) is 5.72. The van der Waals surface area contributed by atoms with Crippen molar-refractivity contribution in [1.82, 2.24) is 0 Å². The SMILES string of the molecule is CCOc1ccc(C(=O)Nc2ccc(S(=O)(=O)Nc3cc(C)cc(C)c3)cc2)cc1. The summed E-state index contributed by atoms with van der Waals surface area (Å²) in [6.07, 6.45) is 0. The lowest BCUT2D eigenvalue weighted by molar-refractivity contribution is 0.102. The molecule has 0 saturated carbocycles. The van der Waals surface area contributed by atoms with Gasteiger partial charge in [-0.3, -0.25) is 9.52 Å². The minimum absolute atomic E-state index is 0.112. The van der Waals surface area contributed by atoms with E-state index in [2.05, 4.69) is 10.0 Å². The zero-order valence-corrected chi connectivity index (χ0v) is 17.9. The van der Waals surface area contributed by atoms with Crippen LogP contribution in [0.3, 0.4) is 0 Å². The number of ether oxygens (including phenoxy) is 1. The largest absolute Gasteiger partial charge is 0.494 e. The average molecular weight is 425 g/mol. The maximum atomic E-state index is 12.7. The van der Waals surface area contributed by atoms with Gasteiger partial charge in [0.1, 0.15) is 5.75 Å². The Morgan fingerprint density at radius 1 is 0.867 bits per heavy atom. The monoisotopic (exact) mass is 424 g/mol. The minimum atomic E-state index is -3.73. The number of rotatable bonds is 7. The number of carbonyl (C=O) groups excluding carboxylic acids is 1. The number of benzene rings is 3. The summed E-state index contributed by atoms with van der Waals surface area (Å²) in [7, 11) is -3.73. The van der Waals surface area contributed by atoms with E-state index in [-0.39, 0.29) is 10.8 Å². The van der Waals surface area contributed by atoms with Crippen molar-refractivity contribution in [2.24, 2.45) is 0 Å². The first kappa shape index (κ1) is 21.4. The van der Waals surface area contributed by atoms with Gasteiger partial charge in [-0.05, 0) is 92.6 Å². The summed E-state index contributed by atoms with van der Waals surface area (Å²) >= 11 is 0. The van der Waals surface area contributed by atoms with Crippen LogP contribution >= 0.6 is 0 Å². The van der Waals surface area contributed by atoms with Gasteiger partial charge in [0.25, 0.3) is 15.9 Å². The second kappa shape index (κ2) is 9.00.